The van der Waals surface area contributed by atoms with Crippen LogP contribution in [0.5, 0.6) is 5.75 Å². The Morgan fingerprint density at radius 2 is 1.62 bits per heavy atom. The SMILES string of the molecule is COc1ccccc1N(C)S(=O)(=O)c1ccc(C)c(C(=O)Nc2cccc(C(=O)N(C)C)c2)c1. The molecule has 0 saturated heterocycles. The predicted octanol–water partition coefficient (Wildman–Crippen LogP) is 3.78. The first-order valence-electron chi connectivity index (χ1n) is 10.4. The number of amides is 2. The van der Waals surface area contributed by atoms with E-state index in [-0.39, 0.29) is 16.4 Å². The number of nitrogens with one attached hydrogen (secondary N) is 1. The van der Waals surface area contributed by atoms with Crippen LogP contribution in [0.2, 0.25) is 0 Å². The van der Waals surface area contributed by atoms with Crippen molar-refractivity contribution in [1.29, 1.82) is 0 Å². The van der Waals surface area contributed by atoms with Gasteiger partial charge in [-0.25, -0.2) is 8.42 Å². The van der Waals surface area contributed by atoms with Crippen molar-refractivity contribution in [2.24, 2.45) is 0 Å². The molecule has 1 N–H and O–H groups in total. The van der Waals surface area contributed by atoms with Gasteiger partial charge in [0, 0.05) is 38.0 Å². The van der Waals surface area contributed by atoms with Crippen molar-refractivity contribution < 1.29 is 22.7 Å². The molecule has 0 bridgehead atoms. The van der Waals surface area contributed by atoms with Crippen LogP contribution in [0.4, 0.5) is 11.4 Å². The average molecular weight is 482 g/mol. The van der Waals surface area contributed by atoms with Crippen LogP contribution in [0.3, 0.4) is 0 Å². The topological polar surface area (TPSA) is 96.0 Å². The summed E-state index contributed by atoms with van der Waals surface area (Å²) in [4.78, 5) is 26.7. The number of nitrogens with zero attached hydrogens (tertiary/aromatic N) is 2. The zero-order valence-corrected chi connectivity index (χ0v) is 20.5. The fourth-order valence-electron chi connectivity index (χ4n) is 3.37. The van der Waals surface area contributed by atoms with E-state index in [2.05, 4.69) is 5.32 Å². The van der Waals surface area contributed by atoms with Gasteiger partial charge in [0.05, 0.1) is 17.7 Å². The zero-order valence-electron chi connectivity index (χ0n) is 19.7. The second-order valence-corrected chi connectivity index (χ2v) is 9.82. The van der Waals surface area contributed by atoms with Crippen LogP contribution in [0.25, 0.3) is 0 Å². The second-order valence-electron chi connectivity index (χ2n) is 7.86. The van der Waals surface area contributed by atoms with E-state index in [9.17, 15) is 18.0 Å². The molecule has 2 amide bonds. The molecule has 34 heavy (non-hydrogen) atoms. The van der Waals surface area contributed by atoms with Crippen molar-refractivity contribution in [3.63, 3.8) is 0 Å². The van der Waals surface area contributed by atoms with E-state index in [0.29, 0.717) is 28.3 Å². The molecule has 0 atom stereocenters. The molecule has 0 aliphatic rings. The summed E-state index contributed by atoms with van der Waals surface area (Å²) in [5.41, 5.74) is 2.04. The van der Waals surface area contributed by atoms with Crippen LogP contribution < -0.4 is 14.4 Å². The third-order valence-corrected chi connectivity index (χ3v) is 7.08. The molecule has 0 spiro atoms. The number of benzene rings is 3. The zero-order chi connectivity index (χ0) is 25.0. The van der Waals surface area contributed by atoms with Gasteiger partial charge in [-0.3, -0.25) is 13.9 Å². The number of anilines is 2. The van der Waals surface area contributed by atoms with Gasteiger partial charge in [-0.1, -0.05) is 24.3 Å². The van der Waals surface area contributed by atoms with Gasteiger partial charge in [-0.2, -0.15) is 0 Å². The third-order valence-electron chi connectivity index (χ3n) is 5.31. The van der Waals surface area contributed by atoms with Crippen LogP contribution in [0.1, 0.15) is 26.3 Å². The first-order valence-corrected chi connectivity index (χ1v) is 11.9. The molecule has 0 aromatic heterocycles. The summed E-state index contributed by atoms with van der Waals surface area (Å²) in [6.45, 7) is 1.72. The van der Waals surface area contributed by atoms with Gasteiger partial charge in [0.2, 0.25) is 0 Å². The van der Waals surface area contributed by atoms with E-state index < -0.39 is 15.9 Å². The number of methoxy groups -OCH3 is 1. The first-order chi connectivity index (χ1) is 16.1. The molecule has 178 valence electrons. The largest absolute Gasteiger partial charge is 0.495 e. The highest BCUT2D eigenvalue weighted by atomic mass is 32.2. The first kappa shape index (κ1) is 24.8. The van der Waals surface area contributed by atoms with E-state index in [4.69, 9.17) is 4.74 Å². The van der Waals surface area contributed by atoms with Crippen molar-refractivity contribution in [1.82, 2.24) is 4.90 Å². The molecule has 0 aliphatic heterocycles. The minimum Gasteiger partial charge on any atom is -0.495 e. The standard InChI is InChI=1S/C25H27N3O5S/c1-17-13-14-20(34(31,32)28(4)22-11-6-7-12-23(22)33-5)16-21(17)24(29)26-19-10-8-9-18(15-19)25(30)27(2)3/h6-16H,1-5H3,(H,26,29). The molecular formula is C25H27N3O5S. The summed E-state index contributed by atoms with van der Waals surface area (Å²) in [5, 5.41) is 2.75. The minimum absolute atomic E-state index is 0.0341. The van der Waals surface area contributed by atoms with Crippen molar-refractivity contribution in [3.05, 3.63) is 83.4 Å². The Kier molecular flexibility index (Phi) is 7.26. The number of sulfonamides is 1. The van der Waals surface area contributed by atoms with E-state index in [0.717, 1.165) is 4.31 Å². The number of carbonyl (C=O) groups is 2. The number of hydrogen-bond donors (Lipinski definition) is 1. The van der Waals surface area contributed by atoms with Gasteiger partial charge >= 0.3 is 0 Å². The molecule has 0 aliphatic carbocycles. The number of hydrogen-bond acceptors (Lipinski definition) is 5. The highest BCUT2D eigenvalue weighted by Gasteiger charge is 2.25. The number of carbonyl (C=O) groups excluding carboxylic acids is 2. The van der Waals surface area contributed by atoms with Gasteiger partial charge in [0.1, 0.15) is 5.75 Å². The lowest BCUT2D eigenvalue weighted by Crippen LogP contribution is -2.27. The van der Waals surface area contributed by atoms with Crippen molar-refractivity contribution in [2.45, 2.75) is 11.8 Å². The molecule has 0 saturated carbocycles. The fourth-order valence-corrected chi connectivity index (χ4v) is 4.60. The van der Waals surface area contributed by atoms with Crippen molar-refractivity contribution in [3.8, 4) is 5.75 Å². The summed E-state index contributed by atoms with van der Waals surface area (Å²) >= 11 is 0. The van der Waals surface area contributed by atoms with Crippen molar-refractivity contribution >= 4 is 33.2 Å². The smallest absolute Gasteiger partial charge is 0.264 e. The number of para-hydroxylation sites is 2. The van der Waals surface area contributed by atoms with Crippen LogP contribution in [-0.2, 0) is 10.0 Å². The Balaban J connectivity index is 1.92. The Morgan fingerprint density at radius 3 is 2.29 bits per heavy atom. The predicted molar refractivity (Wildman–Crippen MR) is 132 cm³/mol. The number of aryl methyl sites for hydroxylation is 1. The molecule has 3 aromatic carbocycles. The Hall–Kier alpha value is -3.85. The van der Waals surface area contributed by atoms with E-state index in [1.165, 1.54) is 31.2 Å². The van der Waals surface area contributed by atoms with Crippen LogP contribution >= 0.6 is 0 Å². The molecule has 0 fully saturated rings. The molecule has 3 aromatic rings. The van der Waals surface area contributed by atoms with E-state index in [1.807, 2.05) is 0 Å². The molecule has 3 rings (SSSR count). The molecule has 8 nitrogen and oxygen atoms in total. The maximum absolute atomic E-state index is 13.3. The molecule has 0 heterocycles. The van der Waals surface area contributed by atoms with Gasteiger partial charge in [-0.05, 0) is 55.0 Å². The average Bonchev–Trinajstić information content (AvgIpc) is 2.83. The summed E-state index contributed by atoms with van der Waals surface area (Å²) in [6.07, 6.45) is 0. The van der Waals surface area contributed by atoms with Crippen LogP contribution in [0.15, 0.2) is 71.6 Å². The number of ether oxygens (including phenoxy) is 1. The molecule has 9 heteroatoms. The Bertz CT molecular complexity index is 1340. The minimum atomic E-state index is -3.97. The summed E-state index contributed by atoms with van der Waals surface area (Å²) in [6, 6.07) is 17.7. The van der Waals surface area contributed by atoms with Gasteiger partial charge in [0.25, 0.3) is 21.8 Å². The van der Waals surface area contributed by atoms with Gasteiger partial charge in [0.15, 0.2) is 0 Å². The van der Waals surface area contributed by atoms with Crippen LogP contribution in [-0.4, -0.2) is 53.4 Å². The van der Waals surface area contributed by atoms with Gasteiger partial charge < -0.3 is 15.0 Å². The van der Waals surface area contributed by atoms with Crippen molar-refractivity contribution in [2.75, 3.05) is 37.9 Å². The molecule has 0 radical (unpaired) electrons. The lowest BCUT2D eigenvalue weighted by atomic mass is 10.1. The lowest BCUT2D eigenvalue weighted by Gasteiger charge is -2.22. The van der Waals surface area contributed by atoms with E-state index >= 15 is 0 Å². The highest BCUT2D eigenvalue weighted by molar-refractivity contribution is 7.92. The molecular weight excluding hydrogens is 454 g/mol. The highest BCUT2D eigenvalue weighted by Crippen LogP contribution is 2.31. The maximum Gasteiger partial charge on any atom is 0.264 e. The Morgan fingerprint density at radius 1 is 0.912 bits per heavy atom. The van der Waals surface area contributed by atoms with Crippen LogP contribution in [0, 0.1) is 6.92 Å². The summed E-state index contributed by atoms with van der Waals surface area (Å²) in [5.74, 6) is -0.269. The van der Waals surface area contributed by atoms with Gasteiger partial charge in [-0.15, -0.1) is 0 Å². The third kappa shape index (κ3) is 5.04. The van der Waals surface area contributed by atoms with E-state index in [1.54, 1.807) is 75.6 Å². The second kappa shape index (κ2) is 9.96. The maximum atomic E-state index is 13.3. The Labute approximate surface area is 199 Å². The quantitative estimate of drug-likeness (QED) is 0.554. The fraction of sp³-hybridized carbons (Fsp3) is 0.200. The normalized spacial score (nSPS) is 11.0. The summed E-state index contributed by atoms with van der Waals surface area (Å²) < 4.78 is 33.1. The monoisotopic (exact) mass is 481 g/mol. The lowest BCUT2D eigenvalue weighted by molar-refractivity contribution is 0.0827. The number of rotatable bonds is 7. The summed E-state index contributed by atoms with van der Waals surface area (Å²) in [7, 11) is 2.21. The molecule has 0 unspecified atom stereocenters.